The molecule has 0 amide bonds. The van der Waals surface area contributed by atoms with E-state index in [9.17, 15) is 0 Å². The zero-order valence-electron chi connectivity index (χ0n) is 8.33. The molecule has 0 spiro atoms. The highest BCUT2D eigenvalue weighted by molar-refractivity contribution is 7.11. The standard InChI is InChI=1S/C11H11ClN2S/c1-8-2-3-10(15-8)7-14-9-4-5-13-11(12)6-9/h2-6H,7H2,1H3,(H,13,14). The van der Waals surface area contributed by atoms with Crippen molar-refractivity contribution < 1.29 is 0 Å². The van der Waals surface area contributed by atoms with E-state index in [4.69, 9.17) is 11.6 Å². The lowest BCUT2D eigenvalue weighted by Crippen LogP contribution is -1.97. The number of rotatable bonds is 3. The van der Waals surface area contributed by atoms with Gasteiger partial charge in [0.05, 0.1) is 0 Å². The number of pyridine rings is 1. The third-order valence-corrected chi connectivity index (χ3v) is 3.20. The Morgan fingerprint density at radius 3 is 2.93 bits per heavy atom. The van der Waals surface area contributed by atoms with Gasteiger partial charge in [-0.05, 0) is 31.2 Å². The summed E-state index contributed by atoms with van der Waals surface area (Å²) in [5.74, 6) is 0. The molecule has 2 nitrogen and oxygen atoms in total. The molecule has 2 aromatic rings. The molecule has 0 radical (unpaired) electrons. The van der Waals surface area contributed by atoms with Gasteiger partial charge in [-0.1, -0.05) is 11.6 Å². The van der Waals surface area contributed by atoms with Crippen molar-refractivity contribution in [2.24, 2.45) is 0 Å². The van der Waals surface area contributed by atoms with Crippen LogP contribution < -0.4 is 5.32 Å². The summed E-state index contributed by atoms with van der Waals surface area (Å²) in [6.07, 6.45) is 1.70. The molecule has 0 aliphatic heterocycles. The highest BCUT2D eigenvalue weighted by atomic mass is 35.5. The first-order chi connectivity index (χ1) is 7.24. The Kier molecular flexibility index (Phi) is 3.23. The number of hydrogen-bond donors (Lipinski definition) is 1. The van der Waals surface area contributed by atoms with Crippen LogP contribution in [0.1, 0.15) is 9.75 Å². The largest absolute Gasteiger partial charge is 0.380 e. The Balaban J connectivity index is 1.99. The van der Waals surface area contributed by atoms with E-state index in [-0.39, 0.29) is 0 Å². The lowest BCUT2D eigenvalue weighted by Gasteiger charge is -2.04. The molecule has 0 fully saturated rings. The van der Waals surface area contributed by atoms with Crippen LogP contribution in [0.15, 0.2) is 30.5 Å². The summed E-state index contributed by atoms with van der Waals surface area (Å²) >= 11 is 7.58. The van der Waals surface area contributed by atoms with E-state index >= 15 is 0 Å². The van der Waals surface area contributed by atoms with E-state index in [0.29, 0.717) is 5.15 Å². The molecule has 15 heavy (non-hydrogen) atoms. The maximum absolute atomic E-state index is 5.78. The summed E-state index contributed by atoms with van der Waals surface area (Å²) in [5.41, 5.74) is 1.00. The van der Waals surface area contributed by atoms with Crippen molar-refractivity contribution in [3.63, 3.8) is 0 Å². The number of halogens is 1. The zero-order chi connectivity index (χ0) is 10.7. The van der Waals surface area contributed by atoms with E-state index in [0.717, 1.165) is 12.2 Å². The summed E-state index contributed by atoms with van der Waals surface area (Å²) in [4.78, 5) is 6.58. The average molecular weight is 239 g/mol. The van der Waals surface area contributed by atoms with E-state index in [1.165, 1.54) is 9.75 Å². The summed E-state index contributed by atoms with van der Waals surface area (Å²) in [6.45, 7) is 2.94. The van der Waals surface area contributed by atoms with Gasteiger partial charge >= 0.3 is 0 Å². The first-order valence-electron chi connectivity index (χ1n) is 4.65. The van der Waals surface area contributed by atoms with Crippen LogP contribution in [0.5, 0.6) is 0 Å². The molecule has 2 aromatic heterocycles. The monoisotopic (exact) mass is 238 g/mol. The van der Waals surface area contributed by atoms with E-state index < -0.39 is 0 Å². The minimum absolute atomic E-state index is 0.516. The summed E-state index contributed by atoms with van der Waals surface area (Å²) in [7, 11) is 0. The summed E-state index contributed by atoms with van der Waals surface area (Å²) in [6, 6.07) is 7.99. The van der Waals surface area contributed by atoms with Crippen molar-refractivity contribution >= 4 is 28.6 Å². The number of aryl methyl sites for hydroxylation is 1. The molecular weight excluding hydrogens is 228 g/mol. The van der Waals surface area contributed by atoms with Gasteiger partial charge in [0.15, 0.2) is 0 Å². The molecule has 0 saturated heterocycles. The fourth-order valence-corrected chi connectivity index (χ4v) is 2.29. The highest BCUT2D eigenvalue weighted by Crippen LogP contribution is 2.18. The van der Waals surface area contributed by atoms with Crippen LogP contribution in [-0.2, 0) is 6.54 Å². The Morgan fingerprint density at radius 1 is 1.40 bits per heavy atom. The predicted octanol–water partition coefficient (Wildman–Crippen LogP) is 3.72. The van der Waals surface area contributed by atoms with Gasteiger partial charge in [0.25, 0.3) is 0 Å². The van der Waals surface area contributed by atoms with Crippen LogP contribution in [0.25, 0.3) is 0 Å². The van der Waals surface area contributed by atoms with Gasteiger partial charge in [0.1, 0.15) is 5.15 Å². The van der Waals surface area contributed by atoms with Crippen molar-refractivity contribution in [2.75, 3.05) is 5.32 Å². The van der Waals surface area contributed by atoms with Crippen LogP contribution in [0, 0.1) is 6.92 Å². The minimum atomic E-state index is 0.516. The molecule has 0 aliphatic rings. The quantitative estimate of drug-likeness (QED) is 0.825. The maximum Gasteiger partial charge on any atom is 0.131 e. The Bertz CT molecular complexity index is 453. The lowest BCUT2D eigenvalue weighted by molar-refractivity contribution is 1.18. The third-order valence-electron chi connectivity index (χ3n) is 1.99. The third kappa shape index (κ3) is 2.94. The fraction of sp³-hybridized carbons (Fsp3) is 0.182. The molecule has 0 bridgehead atoms. The van der Waals surface area contributed by atoms with E-state index in [2.05, 4.69) is 29.4 Å². The number of nitrogens with zero attached hydrogens (tertiary/aromatic N) is 1. The second-order valence-corrected chi connectivity index (χ2v) is 4.99. The summed E-state index contributed by atoms with van der Waals surface area (Å²) in [5, 5.41) is 3.82. The average Bonchev–Trinajstić information content (AvgIpc) is 2.62. The molecule has 0 unspecified atom stereocenters. The van der Waals surface area contributed by atoms with E-state index in [1.54, 1.807) is 17.5 Å². The predicted molar refractivity (Wildman–Crippen MR) is 65.6 cm³/mol. The molecule has 2 rings (SSSR count). The zero-order valence-corrected chi connectivity index (χ0v) is 9.90. The lowest BCUT2D eigenvalue weighted by atomic mass is 10.4. The van der Waals surface area contributed by atoms with Gasteiger partial charge in [-0.2, -0.15) is 0 Å². The van der Waals surface area contributed by atoms with Gasteiger partial charge in [-0.25, -0.2) is 4.98 Å². The van der Waals surface area contributed by atoms with Gasteiger partial charge in [-0.3, -0.25) is 0 Å². The Labute approximate surface area is 97.9 Å². The number of hydrogen-bond acceptors (Lipinski definition) is 3. The van der Waals surface area contributed by atoms with Crippen molar-refractivity contribution in [2.45, 2.75) is 13.5 Å². The summed E-state index contributed by atoms with van der Waals surface area (Å²) < 4.78 is 0. The van der Waals surface area contributed by atoms with Crippen LogP contribution in [0.4, 0.5) is 5.69 Å². The topological polar surface area (TPSA) is 24.9 Å². The SMILES string of the molecule is Cc1ccc(CNc2ccnc(Cl)c2)s1. The van der Waals surface area contributed by atoms with E-state index in [1.807, 2.05) is 12.1 Å². The van der Waals surface area contributed by atoms with Crippen LogP contribution >= 0.6 is 22.9 Å². The van der Waals surface area contributed by atoms with Crippen molar-refractivity contribution in [1.29, 1.82) is 0 Å². The van der Waals surface area contributed by atoms with Gasteiger partial charge < -0.3 is 5.32 Å². The fourth-order valence-electron chi connectivity index (χ4n) is 1.28. The highest BCUT2D eigenvalue weighted by Gasteiger charge is 1.97. The molecule has 4 heteroatoms. The molecule has 0 aromatic carbocycles. The maximum atomic E-state index is 5.78. The number of aromatic nitrogens is 1. The van der Waals surface area contributed by atoms with Crippen molar-refractivity contribution in [3.05, 3.63) is 45.4 Å². The van der Waals surface area contributed by atoms with Gasteiger partial charge in [0, 0.05) is 28.2 Å². The number of anilines is 1. The first-order valence-corrected chi connectivity index (χ1v) is 5.84. The number of thiophene rings is 1. The molecule has 0 atom stereocenters. The molecule has 0 saturated carbocycles. The smallest absolute Gasteiger partial charge is 0.131 e. The van der Waals surface area contributed by atoms with Crippen LogP contribution in [-0.4, -0.2) is 4.98 Å². The molecule has 78 valence electrons. The molecule has 2 heterocycles. The molecule has 0 aliphatic carbocycles. The Morgan fingerprint density at radius 2 is 2.27 bits per heavy atom. The first kappa shape index (κ1) is 10.5. The molecular formula is C11H11ClN2S. The minimum Gasteiger partial charge on any atom is -0.380 e. The van der Waals surface area contributed by atoms with Crippen LogP contribution in [0.3, 0.4) is 0 Å². The molecule has 1 N–H and O–H groups in total. The Hall–Kier alpha value is -1.06. The van der Waals surface area contributed by atoms with Gasteiger partial charge in [0.2, 0.25) is 0 Å². The van der Waals surface area contributed by atoms with Crippen molar-refractivity contribution in [3.8, 4) is 0 Å². The number of nitrogens with one attached hydrogen (secondary N) is 1. The van der Waals surface area contributed by atoms with Crippen LogP contribution in [0.2, 0.25) is 5.15 Å². The van der Waals surface area contributed by atoms with Gasteiger partial charge in [-0.15, -0.1) is 11.3 Å². The second kappa shape index (κ2) is 4.64. The second-order valence-electron chi connectivity index (χ2n) is 3.23. The van der Waals surface area contributed by atoms with Crippen molar-refractivity contribution in [1.82, 2.24) is 4.98 Å². The normalized spacial score (nSPS) is 10.3.